The predicted molar refractivity (Wildman–Crippen MR) is 75.9 cm³/mol. The minimum Gasteiger partial charge on any atom is -0.367 e. The van der Waals surface area contributed by atoms with Crippen LogP contribution in [-0.2, 0) is 0 Å². The van der Waals surface area contributed by atoms with E-state index in [0.717, 1.165) is 18.2 Å². The lowest BCUT2D eigenvalue weighted by Gasteiger charge is -2.23. The molecule has 2 N–H and O–H groups in total. The molecule has 0 spiro atoms. The number of hydrogen-bond donors (Lipinski definition) is 2. The average molecular weight is 248 g/mol. The smallest absolute Gasteiger partial charge is 0.224 e. The van der Waals surface area contributed by atoms with Crippen LogP contribution in [0.1, 0.15) is 52.4 Å². The van der Waals surface area contributed by atoms with Gasteiger partial charge in [-0.2, -0.15) is 4.98 Å². The molecule has 1 saturated carbocycles. The molecule has 0 aliphatic heterocycles. The molecule has 1 aromatic rings. The summed E-state index contributed by atoms with van der Waals surface area (Å²) < 4.78 is 0. The van der Waals surface area contributed by atoms with E-state index in [1.807, 2.05) is 12.3 Å². The fourth-order valence-corrected chi connectivity index (χ4v) is 2.29. The van der Waals surface area contributed by atoms with Gasteiger partial charge in [-0.3, -0.25) is 0 Å². The minimum absolute atomic E-state index is 0.412. The third-order valence-electron chi connectivity index (χ3n) is 3.60. The summed E-state index contributed by atoms with van der Waals surface area (Å²) in [5.41, 5.74) is 0. The molecular weight excluding hydrogens is 224 g/mol. The van der Waals surface area contributed by atoms with Crippen molar-refractivity contribution in [1.82, 2.24) is 9.97 Å². The molecule has 0 aromatic carbocycles. The van der Waals surface area contributed by atoms with E-state index in [9.17, 15) is 0 Å². The molecule has 0 radical (unpaired) electrons. The summed E-state index contributed by atoms with van der Waals surface area (Å²) in [7, 11) is 0. The Balaban J connectivity index is 1.93. The van der Waals surface area contributed by atoms with Gasteiger partial charge in [0.05, 0.1) is 0 Å². The van der Waals surface area contributed by atoms with E-state index >= 15 is 0 Å². The summed E-state index contributed by atoms with van der Waals surface area (Å²) in [5.74, 6) is 1.67. The van der Waals surface area contributed by atoms with Gasteiger partial charge in [0.25, 0.3) is 0 Å². The number of rotatable bonds is 5. The standard InChI is InChI=1S/C14H24N4/c1-3-11(2)16-14-15-10-9-13(18-14)17-12-7-5-4-6-8-12/h9-12H,3-8H2,1-2H3,(H2,15,16,17,18). The van der Waals surface area contributed by atoms with Crippen molar-refractivity contribution in [2.24, 2.45) is 0 Å². The van der Waals surface area contributed by atoms with Gasteiger partial charge in [-0.1, -0.05) is 26.2 Å². The van der Waals surface area contributed by atoms with Crippen LogP contribution >= 0.6 is 0 Å². The van der Waals surface area contributed by atoms with Crippen LogP contribution in [0.2, 0.25) is 0 Å². The van der Waals surface area contributed by atoms with Gasteiger partial charge < -0.3 is 10.6 Å². The molecule has 4 nitrogen and oxygen atoms in total. The number of nitrogens with zero attached hydrogens (tertiary/aromatic N) is 2. The van der Waals surface area contributed by atoms with Gasteiger partial charge in [0.15, 0.2) is 0 Å². The molecular formula is C14H24N4. The zero-order valence-electron chi connectivity index (χ0n) is 11.4. The first-order chi connectivity index (χ1) is 8.78. The molecule has 0 bridgehead atoms. The summed E-state index contributed by atoms with van der Waals surface area (Å²) >= 11 is 0. The van der Waals surface area contributed by atoms with Crippen molar-refractivity contribution in [2.45, 2.75) is 64.5 Å². The van der Waals surface area contributed by atoms with Gasteiger partial charge in [-0.05, 0) is 32.3 Å². The monoisotopic (exact) mass is 248 g/mol. The van der Waals surface area contributed by atoms with Crippen LogP contribution in [0, 0.1) is 0 Å². The summed E-state index contributed by atoms with van der Waals surface area (Å²) in [4.78, 5) is 8.78. The summed E-state index contributed by atoms with van der Waals surface area (Å²) in [6, 6.07) is 2.95. The number of anilines is 2. The highest BCUT2D eigenvalue weighted by Gasteiger charge is 2.13. The molecule has 0 amide bonds. The zero-order chi connectivity index (χ0) is 12.8. The normalized spacial score (nSPS) is 18.3. The van der Waals surface area contributed by atoms with Gasteiger partial charge in [0.1, 0.15) is 5.82 Å². The quantitative estimate of drug-likeness (QED) is 0.838. The van der Waals surface area contributed by atoms with Crippen molar-refractivity contribution in [2.75, 3.05) is 10.6 Å². The Morgan fingerprint density at radius 3 is 2.83 bits per heavy atom. The number of nitrogens with one attached hydrogen (secondary N) is 2. The second kappa shape index (κ2) is 6.57. The lowest BCUT2D eigenvalue weighted by molar-refractivity contribution is 0.462. The molecule has 1 fully saturated rings. The maximum atomic E-state index is 4.52. The maximum absolute atomic E-state index is 4.52. The third kappa shape index (κ3) is 3.86. The van der Waals surface area contributed by atoms with Crippen LogP contribution in [0.5, 0.6) is 0 Å². The third-order valence-corrected chi connectivity index (χ3v) is 3.60. The van der Waals surface area contributed by atoms with E-state index in [1.54, 1.807) is 0 Å². The number of aromatic nitrogens is 2. The summed E-state index contributed by atoms with van der Waals surface area (Å²) in [6.07, 6.45) is 9.47. The van der Waals surface area contributed by atoms with E-state index in [0.29, 0.717) is 12.1 Å². The molecule has 100 valence electrons. The molecule has 1 aromatic heterocycles. The lowest BCUT2D eigenvalue weighted by Crippen LogP contribution is -2.23. The molecule has 1 unspecified atom stereocenters. The van der Waals surface area contributed by atoms with Gasteiger partial charge in [-0.25, -0.2) is 4.98 Å². The molecule has 1 atom stereocenters. The Kier molecular flexibility index (Phi) is 4.79. The van der Waals surface area contributed by atoms with Crippen LogP contribution in [0.4, 0.5) is 11.8 Å². The highest BCUT2D eigenvalue weighted by molar-refractivity contribution is 5.40. The first kappa shape index (κ1) is 13.1. The highest BCUT2D eigenvalue weighted by atomic mass is 15.2. The lowest BCUT2D eigenvalue weighted by atomic mass is 9.95. The van der Waals surface area contributed by atoms with E-state index in [2.05, 4.69) is 34.4 Å². The first-order valence-corrected chi connectivity index (χ1v) is 7.14. The first-order valence-electron chi connectivity index (χ1n) is 7.14. The van der Waals surface area contributed by atoms with Crippen LogP contribution in [0.15, 0.2) is 12.3 Å². The van der Waals surface area contributed by atoms with E-state index in [1.165, 1.54) is 32.1 Å². The fourth-order valence-electron chi connectivity index (χ4n) is 2.29. The van der Waals surface area contributed by atoms with Crippen LogP contribution in [0.25, 0.3) is 0 Å². The molecule has 2 rings (SSSR count). The van der Waals surface area contributed by atoms with Gasteiger partial charge >= 0.3 is 0 Å². The Morgan fingerprint density at radius 2 is 2.11 bits per heavy atom. The van der Waals surface area contributed by atoms with Crippen molar-refractivity contribution < 1.29 is 0 Å². The molecule has 1 aliphatic rings. The van der Waals surface area contributed by atoms with Gasteiger partial charge in [0.2, 0.25) is 5.95 Å². The molecule has 1 aliphatic carbocycles. The predicted octanol–water partition coefficient (Wildman–Crippen LogP) is 3.43. The van der Waals surface area contributed by atoms with E-state index < -0.39 is 0 Å². The van der Waals surface area contributed by atoms with Crippen LogP contribution < -0.4 is 10.6 Å². The summed E-state index contributed by atoms with van der Waals surface area (Å²) in [5, 5.41) is 6.83. The zero-order valence-corrected chi connectivity index (χ0v) is 11.4. The Hall–Kier alpha value is -1.32. The van der Waals surface area contributed by atoms with E-state index in [-0.39, 0.29) is 0 Å². The number of hydrogen-bond acceptors (Lipinski definition) is 4. The van der Waals surface area contributed by atoms with Crippen molar-refractivity contribution in [3.05, 3.63) is 12.3 Å². The minimum atomic E-state index is 0.412. The molecule has 4 heteroatoms. The van der Waals surface area contributed by atoms with Crippen molar-refractivity contribution in [3.8, 4) is 0 Å². The highest BCUT2D eigenvalue weighted by Crippen LogP contribution is 2.21. The average Bonchev–Trinajstić information content (AvgIpc) is 2.40. The molecule has 18 heavy (non-hydrogen) atoms. The molecule has 1 heterocycles. The van der Waals surface area contributed by atoms with Gasteiger partial charge in [0, 0.05) is 18.3 Å². The Morgan fingerprint density at radius 1 is 1.33 bits per heavy atom. The molecule has 0 saturated heterocycles. The van der Waals surface area contributed by atoms with Crippen molar-refractivity contribution in [3.63, 3.8) is 0 Å². The Bertz CT molecular complexity index is 361. The van der Waals surface area contributed by atoms with Crippen LogP contribution in [-0.4, -0.2) is 22.1 Å². The second-order valence-corrected chi connectivity index (χ2v) is 5.20. The summed E-state index contributed by atoms with van der Waals surface area (Å²) in [6.45, 7) is 4.30. The second-order valence-electron chi connectivity index (χ2n) is 5.20. The van der Waals surface area contributed by atoms with Crippen LogP contribution in [0.3, 0.4) is 0 Å². The largest absolute Gasteiger partial charge is 0.367 e. The topological polar surface area (TPSA) is 49.8 Å². The Labute approximate surface area is 110 Å². The maximum Gasteiger partial charge on any atom is 0.224 e. The van der Waals surface area contributed by atoms with Gasteiger partial charge in [-0.15, -0.1) is 0 Å². The fraction of sp³-hybridized carbons (Fsp3) is 0.714. The van der Waals surface area contributed by atoms with Crippen molar-refractivity contribution >= 4 is 11.8 Å². The van der Waals surface area contributed by atoms with Crippen molar-refractivity contribution in [1.29, 1.82) is 0 Å². The SMILES string of the molecule is CCC(C)Nc1nccc(NC2CCCCC2)n1. The van der Waals surface area contributed by atoms with E-state index in [4.69, 9.17) is 0 Å².